The lowest BCUT2D eigenvalue weighted by Gasteiger charge is -2.35. The molecule has 0 bridgehead atoms. The van der Waals surface area contributed by atoms with Crippen molar-refractivity contribution in [3.63, 3.8) is 0 Å². The summed E-state index contributed by atoms with van der Waals surface area (Å²) >= 11 is 0. The fourth-order valence-corrected chi connectivity index (χ4v) is 1.20. The van der Waals surface area contributed by atoms with E-state index in [1.807, 2.05) is 6.92 Å². The zero-order chi connectivity index (χ0) is 8.43. The van der Waals surface area contributed by atoms with Gasteiger partial charge in [0, 0.05) is 13.2 Å². The molecule has 1 aliphatic rings. The first kappa shape index (κ1) is 8.93. The summed E-state index contributed by atoms with van der Waals surface area (Å²) in [7, 11) is 1.51. The van der Waals surface area contributed by atoms with Crippen LogP contribution in [0.15, 0.2) is 0 Å². The van der Waals surface area contributed by atoms with Crippen molar-refractivity contribution >= 4 is 0 Å². The van der Waals surface area contributed by atoms with Gasteiger partial charge in [-0.1, -0.05) is 0 Å². The maximum absolute atomic E-state index is 9.33. The Bertz CT molecular complexity index is 131. The summed E-state index contributed by atoms with van der Waals surface area (Å²) in [5, 5.41) is 9.33. The second-order valence-corrected chi connectivity index (χ2v) is 2.91. The molecule has 0 saturated carbocycles. The molecule has 3 N–H and O–H groups in total. The van der Waals surface area contributed by atoms with Crippen LogP contribution in [0, 0.1) is 0 Å². The Morgan fingerprint density at radius 1 is 1.64 bits per heavy atom. The third kappa shape index (κ3) is 1.90. The van der Waals surface area contributed by atoms with Crippen molar-refractivity contribution in [2.24, 2.45) is 5.73 Å². The minimum Gasteiger partial charge on any atom is -0.388 e. The maximum Gasteiger partial charge on any atom is 0.183 e. The van der Waals surface area contributed by atoms with Crippen LogP contribution >= 0.6 is 0 Å². The highest BCUT2D eigenvalue weighted by atomic mass is 16.7. The van der Waals surface area contributed by atoms with Crippen LogP contribution in [0.1, 0.15) is 13.3 Å². The molecule has 1 saturated heterocycles. The molecular formula is C7H15NO3. The summed E-state index contributed by atoms with van der Waals surface area (Å²) in [6.45, 7) is 1.88. The van der Waals surface area contributed by atoms with Gasteiger partial charge >= 0.3 is 0 Å². The average molecular weight is 161 g/mol. The molecule has 1 rings (SSSR count). The lowest BCUT2D eigenvalue weighted by molar-refractivity contribution is -0.229. The number of aliphatic hydroxyl groups is 1. The summed E-state index contributed by atoms with van der Waals surface area (Å²) in [5.74, 6) is 0. The van der Waals surface area contributed by atoms with E-state index >= 15 is 0 Å². The first-order valence-corrected chi connectivity index (χ1v) is 3.77. The quantitative estimate of drug-likeness (QED) is 0.542. The fourth-order valence-electron chi connectivity index (χ4n) is 1.20. The SMILES string of the molecule is COC1OC(C)C(N)CC1O. The van der Waals surface area contributed by atoms with E-state index in [1.54, 1.807) is 0 Å². The van der Waals surface area contributed by atoms with Gasteiger partial charge in [-0.05, 0) is 13.3 Å². The first-order chi connectivity index (χ1) is 5.15. The number of hydrogen-bond donors (Lipinski definition) is 2. The van der Waals surface area contributed by atoms with Crippen LogP contribution in [0.3, 0.4) is 0 Å². The van der Waals surface area contributed by atoms with Gasteiger partial charge in [-0.15, -0.1) is 0 Å². The Morgan fingerprint density at radius 2 is 2.27 bits per heavy atom. The van der Waals surface area contributed by atoms with Gasteiger partial charge in [0.15, 0.2) is 6.29 Å². The third-order valence-corrected chi connectivity index (χ3v) is 2.01. The first-order valence-electron chi connectivity index (χ1n) is 3.77. The molecule has 0 aromatic rings. The second kappa shape index (κ2) is 3.49. The standard InChI is InChI=1S/C7H15NO3/c1-4-5(8)3-6(9)7(10-2)11-4/h4-7,9H,3,8H2,1-2H3. The van der Waals surface area contributed by atoms with E-state index < -0.39 is 12.4 Å². The summed E-state index contributed by atoms with van der Waals surface area (Å²) in [6, 6.07) is -0.0867. The van der Waals surface area contributed by atoms with Gasteiger partial charge in [-0.3, -0.25) is 0 Å². The molecule has 1 heterocycles. The summed E-state index contributed by atoms with van der Waals surface area (Å²) in [4.78, 5) is 0. The minimum absolute atomic E-state index is 0.0386. The molecule has 0 aliphatic carbocycles. The van der Waals surface area contributed by atoms with E-state index in [-0.39, 0.29) is 12.1 Å². The minimum atomic E-state index is -0.591. The van der Waals surface area contributed by atoms with Crippen molar-refractivity contribution in [2.45, 2.75) is 37.9 Å². The molecule has 0 aromatic carbocycles. The molecule has 0 spiro atoms. The molecular weight excluding hydrogens is 146 g/mol. The Labute approximate surface area is 66.3 Å². The van der Waals surface area contributed by atoms with Gasteiger partial charge in [0.1, 0.15) is 6.10 Å². The number of ether oxygens (including phenoxy) is 2. The third-order valence-electron chi connectivity index (χ3n) is 2.01. The van der Waals surface area contributed by atoms with Crippen molar-refractivity contribution in [2.75, 3.05) is 7.11 Å². The molecule has 1 aliphatic heterocycles. The predicted octanol–water partition coefficient (Wildman–Crippen LogP) is -0.544. The summed E-state index contributed by atoms with van der Waals surface area (Å²) in [6.07, 6.45) is -0.598. The average Bonchev–Trinajstić information content (AvgIpc) is 1.97. The van der Waals surface area contributed by atoms with Crippen LogP contribution in [-0.4, -0.2) is 36.8 Å². The molecule has 4 unspecified atom stereocenters. The van der Waals surface area contributed by atoms with Gasteiger partial charge < -0.3 is 20.3 Å². The van der Waals surface area contributed by atoms with Crippen LogP contribution in [0.25, 0.3) is 0 Å². The Kier molecular flexibility index (Phi) is 2.84. The van der Waals surface area contributed by atoms with Crippen LogP contribution in [0.5, 0.6) is 0 Å². The Hall–Kier alpha value is -0.160. The number of methoxy groups -OCH3 is 1. The monoisotopic (exact) mass is 161 g/mol. The van der Waals surface area contributed by atoms with E-state index in [0.29, 0.717) is 6.42 Å². The van der Waals surface area contributed by atoms with Gasteiger partial charge in [0.2, 0.25) is 0 Å². The van der Waals surface area contributed by atoms with Gasteiger partial charge in [0.25, 0.3) is 0 Å². The number of hydrogen-bond acceptors (Lipinski definition) is 4. The summed E-state index contributed by atoms with van der Waals surface area (Å²) < 4.78 is 10.2. The normalized spacial score (nSPS) is 45.8. The highest BCUT2D eigenvalue weighted by Crippen LogP contribution is 2.18. The molecule has 4 atom stereocenters. The van der Waals surface area contributed by atoms with Gasteiger partial charge in [0.05, 0.1) is 6.10 Å². The molecule has 0 radical (unpaired) electrons. The van der Waals surface area contributed by atoms with Gasteiger partial charge in [-0.2, -0.15) is 0 Å². The van der Waals surface area contributed by atoms with E-state index in [4.69, 9.17) is 15.2 Å². The van der Waals surface area contributed by atoms with E-state index in [1.165, 1.54) is 7.11 Å². The van der Waals surface area contributed by atoms with Crippen LogP contribution < -0.4 is 5.73 Å². The number of nitrogens with two attached hydrogens (primary N) is 1. The van der Waals surface area contributed by atoms with Crippen LogP contribution in [0.2, 0.25) is 0 Å². The maximum atomic E-state index is 9.33. The molecule has 0 amide bonds. The fraction of sp³-hybridized carbons (Fsp3) is 1.00. The topological polar surface area (TPSA) is 64.7 Å². The number of rotatable bonds is 1. The largest absolute Gasteiger partial charge is 0.388 e. The Balaban J connectivity index is 2.48. The zero-order valence-electron chi connectivity index (χ0n) is 6.86. The van der Waals surface area contributed by atoms with Crippen molar-refractivity contribution < 1.29 is 14.6 Å². The lowest BCUT2D eigenvalue weighted by Crippen LogP contribution is -2.50. The highest BCUT2D eigenvalue weighted by Gasteiger charge is 2.32. The number of aliphatic hydroxyl groups excluding tert-OH is 1. The van der Waals surface area contributed by atoms with Crippen molar-refractivity contribution in [1.82, 2.24) is 0 Å². The van der Waals surface area contributed by atoms with Crippen LogP contribution in [0.4, 0.5) is 0 Å². The smallest absolute Gasteiger partial charge is 0.183 e. The van der Waals surface area contributed by atoms with E-state index in [9.17, 15) is 5.11 Å². The van der Waals surface area contributed by atoms with E-state index in [0.717, 1.165) is 0 Å². The molecule has 0 aromatic heterocycles. The van der Waals surface area contributed by atoms with E-state index in [2.05, 4.69) is 0 Å². The van der Waals surface area contributed by atoms with Crippen molar-refractivity contribution in [3.05, 3.63) is 0 Å². The molecule has 4 nitrogen and oxygen atoms in total. The second-order valence-electron chi connectivity index (χ2n) is 2.91. The van der Waals surface area contributed by atoms with Gasteiger partial charge in [-0.25, -0.2) is 0 Å². The lowest BCUT2D eigenvalue weighted by atomic mass is 10.0. The van der Waals surface area contributed by atoms with Crippen LogP contribution in [-0.2, 0) is 9.47 Å². The highest BCUT2D eigenvalue weighted by molar-refractivity contribution is 4.80. The van der Waals surface area contributed by atoms with Crippen molar-refractivity contribution in [1.29, 1.82) is 0 Å². The molecule has 1 fully saturated rings. The van der Waals surface area contributed by atoms with Crippen molar-refractivity contribution in [3.8, 4) is 0 Å². The molecule has 66 valence electrons. The molecule has 4 heteroatoms. The predicted molar refractivity (Wildman–Crippen MR) is 39.9 cm³/mol. The molecule has 11 heavy (non-hydrogen) atoms. The summed E-state index contributed by atoms with van der Waals surface area (Å²) in [5.41, 5.74) is 5.65. The Morgan fingerprint density at radius 3 is 2.82 bits per heavy atom. The zero-order valence-corrected chi connectivity index (χ0v) is 6.86.